The predicted molar refractivity (Wildman–Crippen MR) is 123 cm³/mol. The molecular formula is C23H25N3O7S. The fraction of sp³-hybridized carbons (Fsp3) is 0.391. The van der Waals surface area contributed by atoms with E-state index in [4.69, 9.17) is 13.6 Å². The van der Waals surface area contributed by atoms with Crippen LogP contribution in [0.3, 0.4) is 0 Å². The number of pyridine rings is 1. The van der Waals surface area contributed by atoms with Crippen LogP contribution in [-0.4, -0.2) is 61.7 Å². The Morgan fingerprint density at radius 1 is 1.26 bits per heavy atom. The highest BCUT2D eigenvalue weighted by Crippen LogP contribution is 2.38. The second-order valence-electron chi connectivity index (χ2n) is 8.15. The van der Waals surface area contributed by atoms with Crippen molar-refractivity contribution in [2.45, 2.75) is 25.8 Å². The predicted octanol–water partition coefficient (Wildman–Crippen LogP) is 2.22. The third kappa shape index (κ3) is 4.60. The molecule has 1 aliphatic carbocycles. The highest BCUT2D eigenvalue weighted by atomic mass is 32.2. The number of anilines is 1. The monoisotopic (exact) mass is 490 g/mol. The van der Waals surface area contributed by atoms with Crippen molar-refractivity contribution >= 4 is 33.2 Å². The van der Waals surface area contributed by atoms with Gasteiger partial charge < -0.3 is 14.8 Å². The van der Waals surface area contributed by atoms with Crippen molar-refractivity contribution in [3.63, 3.8) is 0 Å². The molecule has 2 heterocycles. The molecule has 2 aliphatic rings. The van der Waals surface area contributed by atoms with Crippen LogP contribution in [0, 0.1) is 5.92 Å². The second-order valence-corrected chi connectivity index (χ2v) is 10.3. The third-order valence-corrected chi connectivity index (χ3v) is 6.43. The van der Waals surface area contributed by atoms with E-state index in [2.05, 4.69) is 10.3 Å². The number of nitrogens with one attached hydrogen (secondary N) is 1. The van der Waals surface area contributed by atoms with Crippen LogP contribution < -0.4 is 14.8 Å². The van der Waals surface area contributed by atoms with E-state index in [9.17, 15) is 22.8 Å². The molecule has 1 unspecified atom stereocenters. The Balaban J connectivity index is 1.76. The number of amides is 3. The Labute approximate surface area is 201 Å². The van der Waals surface area contributed by atoms with Crippen molar-refractivity contribution in [2.24, 2.45) is 5.92 Å². The number of methoxy groups -OCH3 is 1. The molecule has 1 fully saturated rings. The van der Waals surface area contributed by atoms with Gasteiger partial charge in [-0.25, -0.2) is 13.4 Å². The van der Waals surface area contributed by atoms with E-state index in [1.54, 1.807) is 6.92 Å². The lowest BCUT2D eigenvalue weighted by atomic mass is 10.1. The average Bonchev–Trinajstić information content (AvgIpc) is 3.60. The number of carbonyl (C=O) groups is 3. The largest absolute Gasteiger partial charge is 0.491 e. The quantitative estimate of drug-likeness (QED) is 0.529. The fourth-order valence-electron chi connectivity index (χ4n) is 3.80. The first kappa shape index (κ1) is 20.0. The minimum atomic E-state index is -3.76. The smallest absolute Gasteiger partial charge is 0.264 e. The van der Waals surface area contributed by atoms with Crippen LogP contribution in [0.25, 0.3) is 0 Å². The number of ether oxygens (including phenoxy) is 2. The molecule has 2 aromatic rings. The van der Waals surface area contributed by atoms with Gasteiger partial charge in [0.05, 0.1) is 52.1 Å². The van der Waals surface area contributed by atoms with Crippen molar-refractivity contribution < 1.29 is 36.4 Å². The number of aromatic nitrogens is 1. The van der Waals surface area contributed by atoms with Gasteiger partial charge >= 0.3 is 0 Å². The van der Waals surface area contributed by atoms with E-state index in [1.807, 2.05) is 0 Å². The number of hydrogen-bond donors (Lipinski definition) is 1. The van der Waals surface area contributed by atoms with E-state index in [1.165, 1.54) is 30.3 Å². The van der Waals surface area contributed by atoms with Gasteiger partial charge in [-0.2, -0.15) is 0 Å². The lowest BCUT2D eigenvalue weighted by molar-refractivity contribution is -0.117. The van der Waals surface area contributed by atoms with Gasteiger partial charge in [-0.05, 0) is 44.0 Å². The second kappa shape index (κ2) is 9.05. The van der Waals surface area contributed by atoms with Crippen LogP contribution in [0.15, 0.2) is 30.3 Å². The molecule has 1 atom stereocenters. The molecule has 0 spiro atoms. The summed E-state index contributed by atoms with van der Waals surface area (Å²) in [5.41, 5.74) is 0.124. The van der Waals surface area contributed by atoms with Gasteiger partial charge in [-0.3, -0.25) is 19.3 Å². The molecule has 3 amide bonds. The first-order valence-electron chi connectivity index (χ1n) is 12.1. The standard InChI is InChI=1S/C23H25N3O7S/c1-4-33-21-18(32-2)11-10-15(25-21)17(12-34(3,30)31)26-22(28)14-6-5-7-16(19(14)23(26)29)24-20(27)13-8-9-13/h5-7,10-11,13,17H,4,8-9,12H2,1-3H3,(H,24,27)/i2D3. The van der Waals surface area contributed by atoms with Crippen LogP contribution in [0.4, 0.5) is 5.69 Å². The molecule has 180 valence electrons. The van der Waals surface area contributed by atoms with E-state index in [0.29, 0.717) is 0 Å². The SMILES string of the molecule is [2H]C([2H])([2H])Oc1ccc(C(CS(C)(=O)=O)N2C(=O)c3cccc(NC(=O)C4CC4)c3C2=O)nc1OCC. The molecule has 0 saturated heterocycles. The van der Waals surface area contributed by atoms with E-state index in [-0.39, 0.29) is 52.6 Å². The highest BCUT2D eigenvalue weighted by Gasteiger charge is 2.44. The number of benzene rings is 1. The summed E-state index contributed by atoms with van der Waals surface area (Å²) in [6.45, 7) is 1.71. The topological polar surface area (TPSA) is 132 Å². The van der Waals surface area contributed by atoms with Gasteiger partial charge in [0.25, 0.3) is 17.7 Å². The van der Waals surface area contributed by atoms with E-state index >= 15 is 0 Å². The molecule has 1 aliphatic heterocycles. The number of sulfone groups is 1. The Kier molecular flexibility index (Phi) is 5.31. The van der Waals surface area contributed by atoms with Gasteiger partial charge in [-0.15, -0.1) is 0 Å². The number of fused-ring (bicyclic) bond motifs is 1. The van der Waals surface area contributed by atoms with E-state index < -0.39 is 40.5 Å². The minimum absolute atomic E-state index is 0.0180. The summed E-state index contributed by atoms with van der Waals surface area (Å²) in [6.07, 6.45) is 2.44. The highest BCUT2D eigenvalue weighted by molar-refractivity contribution is 7.90. The fourth-order valence-corrected chi connectivity index (χ4v) is 4.69. The molecule has 34 heavy (non-hydrogen) atoms. The molecule has 1 aromatic carbocycles. The van der Waals surface area contributed by atoms with E-state index in [0.717, 1.165) is 24.0 Å². The lowest BCUT2D eigenvalue weighted by Crippen LogP contribution is -2.38. The molecule has 1 saturated carbocycles. The summed E-state index contributed by atoms with van der Waals surface area (Å²) in [6, 6.07) is 5.59. The van der Waals surface area contributed by atoms with Crippen molar-refractivity contribution in [1.29, 1.82) is 0 Å². The molecule has 4 rings (SSSR count). The normalized spacial score (nSPS) is 17.9. The van der Waals surface area contributed by atoms with Gasteiger partial charge in [0.1, 0.15) is 9.84 Å². The van der Waals surface area contributed by atoms with Crippen molar-refractivity contribution in [3.05, 3.63) is 47.2 Å². The summed E-state index contributed by atoms with van der Waals surface area (Å²) in [5.74, 6) is -3.04. The summed E-state index contributed by atoms with van der Waals surface area (Å²) < 4.78 is 57.0. The number of hydrogen-bond acceptors (Lipinski definition) is 8. The van der Waals surface area contributed by atoms with Gasteiger partial charge in [-0.1, -0.05) is 6.07 Å². The number of rotatable bonds is 9. The van der Waals surface area contributed by atoms with Crippen LogP contribution in [-0.2, 0) is 14.6 Å². The van der Waals surface area contributed by atoms with Crippen LogP contribution in [0.5, 0.6) is 11.6 Å². The zero-order chi connectivity index (χ0) is 27.1. The maximum atomic E-state index is 13.6. The van der Waals surface area contributed by atoms with Crippen molar-refractivity contribution in [3.8, 4) is 11.6 Å². The zero-order valence-corrected chi connectivity index (χ0v) is 19.3. The number of nitrogens with zero attached hydrogens (tertiary/aromatic N) is 2. The molecule has 0 radical (unpaired) electrons. The van der Waals surface area contributed by atoms with Gasteiger partial charge in [0, 0.05) is 12.2 Å². The Bertz CT molecular complexity index is 1370. The lowest BCUT2D eigenvalue weighted by Gasteiger charge is -2.26. The number of imide groups is 1. The molecule has 10 nitrogen and oxygen atoms in total. The maximum absolute atomic E-state index is 13.6. The zero-order valence-electron chi connectivity index (χ0n) is 21.5. The summed E-state index contributed by atoms with van der Waals surface area (Å²) in [4.78, 5) is 44.3. The minimum Gasteiger partial charge on any atom is -0.491 e. The summed E-state index contributed by atoms with van der Waals surface area (Å²) in [7, 11) is -6.56. The summed E-state index contributed by atoms with van der Waals surface area (Å²) in [5, 5.41) is 2.70. The van der Waals surface area contributed by atoms with Crippen molar-refractivity contribution in [2.75, 3.05) is 31.0 Å². The Morgan fingerprint density at radius 2 is 2.03 bits per heavy atom. The van der Waals surface area contributed by atoms with Crippen LogP contribution in [0.2, 0.25) is 0 Å². The Hall–Kier alpha value is -3.47. The molecule has 1 N–H and O–H groups in total. The Morgan fingerprint density at radius 3 is 2.68 bits per heavy atom. The van der Waals surface area contributed by atoms with Gasteiger partial charge in [0.2, 0.25) is 5.91 Å². The molecular weight excluding hydrogens is 462 g/mol. The first-order chi connectivity index (χ1) is 17.3. The summed E-state index contributed by atoms with van der Waals surface area (Å²) >= 11 is 0. The molecule has 1 aromatic heterocycles. The molecule has 0 bridgehead atoms. The third-order valence-electron chi connectivity index (χ3n) is 5.50. The van der Waals surface area contributed by atoms with Crippen LogP contribution >= 0.6 is 0 Å². The number of carbonyl (C=O) groups excluding carboxylic acids is 3. The maximum Gasteiger partial charge on any atom is 0.264 e. The average molecular weight is 491 g/mol. The molecule has 11 heteroatoms. The van der Waals surface area contributed by atoms with Gasteiger partial charge in [0.15, 0.2) is 5.75 Å². The van der Waals surface area contributed by atoms with Crippen molar-refractivity contribution in [1.82, 2.24) is 9.88 Å². The van der Waals surface area contributed by atoms with Crippen LogP contribution in [0.1, 0.15) is 56.3 Å². The first-order valence-corrected chi connectivity index (χ1v) is 12.7.